The number of amides is 1. The van der Waals surface area contributed by atoms with E-state index >= 15 is 0 Å². The van der Waals surface area contributed by atoms with E-state index in [-0.39, 0.29) is 13.0 Å². The zero-order chi connectivity index (χ0) is 16.7. The van der Waals surface area contributed by atoms with Crippen LogP contribution in [0.5, 0.6) is 0 Å². The lowest BCUT2D eigenvalue weighted by atomic mass is 10.1. The maximum atomic E-state index is 13.2. The highest BCUT2D eigenvalue weighted by molar-refractivity contribution is 5.68. The predicted molar refractivity (Wildman–Crippen MR) is 83.8 cm³/mol. The van der Waals surface area contributed by atoms with Gasteiger partial charge in [-0.2, -0.15) is 0 Å². The van der Waals surface area contributed by atoms with Gasteiger partial charge in [0.25, 0.3) is 0 Å². The van der Waals surface area contributed by atoms with Crippen molar-refractivity contribution in [3.63, 3.8) is 0 Å². The van der Waals surface area contributed by atoms with Crippen molar-refractivity contribution in [2.75, 3.05) is 0 Å². The molecule has 0 radical (unpaired) electrons. The number of carbonyl (C=O) groups excluding carboxylic acids is 1. The van der Waals surface area contributed by atoms with Gasteiger partial charge in [-0.25, -0.2) is 13.6 Å². The first-order chi connectivity index (χ1) is 11.1. The van der Waals surface area contributed by atoms with Crippen LogP contribution < -0.4 is 5.32 Å². The van der Waals surface area contributed by atoms with E-state index in [0.717, 1.165) is 11.6 Å². The topological polar surface area (TPSA) is 38.3 Å². The second-order valence-corrected chi connectivity index (χ2v) is 5.03. The fourth-order valence-electron chi connectivity index (χ4n) is 2.09. The Bertz CT molecular complexity index is 654. The number of ether oxygens (including phenoxy) is 1. The van der Waals surface area contributed by atoms with Gasteiger partial charge in [-0.15, -0.1) is 6.58 Å². The van der Waals surface area contributed by atoms with Gasteiger partial charge in [-0.3, -0.25) is 0 Å². The molecule has 0 saturated carbocycles. The molecule has 0 aliphatic carbocycles. The number of alkyl carbamates (subject to hydrolysis) is 1. The minimum Gasteiger partial charge on any atom is -0.445 e. The Balaban J connectivity index is 1.88. The second kappa shape index (κ2) is 8.08. The SMILES string of the molecule is C=C[C@H](Cc1cc(F)cc(F)c1)NC(=O)OCc1ccccc1. The van der Waals surface area contributed by atoms with Gasteiger partial charge >= 0.3 is 6.09 Å². The van der Waals surface area contributed by atoms with Gasteiger partial charge in [0.1, 0.15) is 18.2 Å². The minimum atomic E-state index is -0.658. The summed E-state index contributed by atoms with van der Waals surface area (Å²) in [5, 5.41) is 2.60. The third-order valence-electron chi connectivity index (χ3n) is 3.18. The molecule has 1 N–H and O–H groups in total. The van der Waals surface area contributed by atoms with Crippen molar-refractivity contribution in [3.8, 4) is 0 Å². The number of rotatable bonds is 6. The summed E-state index contributed by atoms with van der Waals surface area (Å²) >= 11 is 0. The molecule has 23 heavy (non-hydrogen) atoms. The van der Waals surface area contributed by atoms with E-state index in [1.807, 2.05) is 30.3 Å². The largest absolute Gasteiger partial charge is 0.445 e. The molecule has 0 bridgehead atoms. The summed E-state index contributed by atoms with van der Waals surface area (Å²) in [6.07, 6.45) is 1.10. The summed E-state index contributed by atoms with van der Waals surface area (Å²) in [5.74, 6) is -1.32. The van der Waals surface area contributed by atoms with Crippen molar-refractivity contribution in [2.24, 2.45) is 0 Å². The van der Waals surface area contributed by atoms with Gasteiger partial charge < -0.3 is 10.1 Å². The lowest BCUT2D eigenvalue weighted by molar-refractivity contribution is 0.137. The molecule has 1 amide bonds. The van der Waals surface area contributed by atoms with E-state index in [1.54, 1.807) is 0 Å². The molecule has 2 rings (SSSR count). The lowest BCUT2D eigenvalue weighted by Gasteiger charge is -2.15. The number of benzene rings is 2. The molecule has 2 aromatic carbocycles. The van der Waals surface area contributed by atoms with Crippen LogP contribution in [0.4, 0.5) is 13.6 Å². The first-order valence-corrected chi connectivity index (χ1v) is 7.11. The molecule has 120 valence electrons. The quantitative estimate of drug-likeness (QED) is 0.818. The van der Waals surface area contributed by atoms with Crippen LogP contribution in [-0.2, 0) is 17.8 Å². The molecule has 0 aliphatic rings. The molecule has 1 atom stereocenters. The van der Waals surface area contributed by atoms with Crippen LogP contribution in [0.25, 0.3) is 0 Å². The summed E-state index contributed by atoms with van der Waals surface area (Å²) < 4.78 is 31.5. The molecular weight excluding hydrogens is 300 g/mol. The average Bonchev–Trinajstić information content (AvgIpc) is 2.52. The van der Waals surface area contributed by atoms with Crippen molar-refractivity contribution in [1.82, 2.24) is 5.32 Å². The highest BCUT2D eigenvalue weighted by Crippen LogP contribution is 2.11. The van der Waals surface area contributed by atoms with Gasteiger partial charge in [-0.1, -0.05) is 36.4 Å². The minimum absolute atomic E-state index is 0.144. The molecule has 0 spiro atoms. The van der Waals surface area contributed by atoms with Gasteiger partial charge in [-0.05, 0) is 29.7 Å². The van der Waals surface area contributed by atoms with E-state index in [9.17, 15) is 13.6 Å². The summed E-state index contributed by atoms with van der Waals surface area (Å²) in [5.41, 5.74) is 1.29. The Kier molecular flexibility index (Phi) is 5.86. The molecular formula is C18H17F2NO2. The molecule has 0 aliphatic heterocycles. The molecule has 0 unspecified atom stereocenters. The molecule has 2 aromatic rings. The fraction of sp³-hybridized carbons (Fsp3) is 0.167. The Morgan fingerprint density at radius 2 is 1.78 bits per heavy atom. The van der Waals surface area contributed by atoms with Gasteiger partial charge in [0.05, 0.1) is 6.04 Å². The van der Waals surface area contributed by atoms with Crippen LogP contribution in [-0.4, -0.2) is 12.1 Å². The van der Waals surface area contributed by atoms with Crippen LogP contribution in [0.2, 0.25) is 0 Å². The van der Waals surface area contributed by atoms with Crippen LogP contribution in [0.15, 0.2) is 61.2 Å². The molecule has 0 saturated heterocycles. The van der Waals surface area contributed by atoms with Crippen molar-refractivity contribution in [2.45, 2.75) is 19.1 Å². The lowest BCUT2D eigenvalue weighted by Crippen LogP contribution is -2.35. The monoisotopic (exact) mass is 317 g/mol. The first-order valence-electron chi connectivity index (χ1n) is 7.11. The van der Waals surface area contributed by atoms with E-state index in [0.29, 0.717) is 5.56 Å². The van der Waals surface area contributed by atoms with Gasteiger partial charge in [0.15, 0.2) is 0 Å². The summed E-state index contributed by atoms with van der Waals surface area (Å²) in [7, 11) is 0. The average molecular weight is 317 g/mol. The Hall–Kier alpha value is -2.69. The van der Waals surface area contributed by atoms with E-state index in [1.165, 1.54) is 18.2 Å². The predicted octanol–water partition coefficient (Wildman–Crippen LogP) is 3.99. The zero-order valence-electron chi connectivity index (χ0n) is 12.5. The normalized spacial score (nSPS) is 11.6. The van der Waals surface area contributed by atoms with Gasteiger partial charge in [0, 0.05) is 6.07 Å². The van der Waals surface area contributed by atoms with Crippen LogP contribution in [0.1, 0.15) is 11.1 Å². The third kappa shape index (κ3) is 5.54. The maximum Gasteiger partial charge on any atom is 0.407 e. The highest BCUT2D eigenvalue weighted by atomic mass is 19.1. The smallest absolute Gasteiger partial charge is 0.407 e. The molecule has 3 nitrogen and oxygen atoms in total. The molecule has 0 aromatic heterocycles. The van der Waals surface area contributed by atoms with Crippen molar-refractivity contribution >= 4 is 6.09 Å². The molecule has 0 fully saturated rings. The van der Waals surface area contributed by atoms with E-state index in [4.69, 9.17) is 4.74 Å². The number of hydrogen-bond donors (Lipinski definition) is 1. The number of hydrogen-bond acceptors (Lipinski definition) is 2. The maximum absolute atomic E-state index is 13.2. The number of halogens is 2. The Morgan fingerprint density at radius 3 is 2.39 bits per heavy atom. The summed E-state index contributed by atoms with van der Waals surface area (Å²) in [6, 6.07) is 12.0. The van der Waals surface area contributed by atoms with Crippen LogP contribution in [0.3, 0.4) is 0 Å². The summed E-state index contributed by atoms with van der Waals surface area (Å²) in [4.78, 5) is 11.8. The molecule has 0 heterocycles. The van der Waals surface area contributed by atoms with E-state index < -0.39 is 23.8 Å². The zero-order valence-corrected chi connectivity index (χ0v) is 12.5. The first kappa shape index (κ1) is 16.7. The van der Waals surface area contributed by atoms with Crippen molar-refractivity contribution in [1.29, 1.82) is 0 Å². The highest BCUT2D eigenvalue weighted by Gasteiger charge is 2.12. The fourth-order valence-corrected chi connectivity index (χ4v) is 2.09. The Labute approximate surface area is 133 Å². The van der Waals surface area contributed by atoms with Crippen LogP contribution >= 0.6 is 0 Å². The molecule has 5 heteroatoms. The second-order valence-electron chi connectivity index (χ2n) is 5.03. The van der Waals surface area contributed by atoms with E-state index in [2.05, 4.69) is 11.9 Å². The number of nitrogens with one attached hydrogen (secondary N) is 1. The van der Waals surface area contributed by atoms with Crippen molar-refractivity contribution < 1.29 is 18.3 Å². The number of carbonyl (C=O) groups is 1. The standard InChI is InChI=1S/C18H17F2NO2/c1-2-17(10-14-8-15(19)11-16(20)9-14)21-18(22)23-12-13-6-4-3-5-7-13/h2-9,11,17H,1,10,12H2,(H,21,22)/t17-/m1/s1. The Morgan fingerprint density at radius 1 is 1.13 bits per heavy atom. The van der Waals surface area contributed by atoms with Gasteiger partial charge in [0.2, 0.25) is 0 Å². The van der Waals surface area contributed by atoms with Crippen molar-refractivity contribution in [3.05, 3.63) is 83.9 Å². The third-order valence-corrected chi connectivity index (χ3v) is 3.18. The van der Waals surface area contributed by atoms with Crippen LogP contribution in [0, 0.1) is 11.6 Å². The summed E-state index contributed by atoms with van der Waals surface area (Å²) in [6.45, 7) is 3.76.